The average Bonchev–Trinajstić information content (AvgIpc) is 2.48. The van der Waals surface area contributed by atoms with E-state index in [4.69, 9.17) is 14.3 Å². The fourth-order valence-electron chi connectivity index (χ4n) is 3.16. The zero-order valence-electron chi connectivity index (χ0n) is 19.1. The topological polar surface area (TPSA) is 66.8 Å². The smallest absolute Gasteiger partial charge is 1.00 e. The number of rotatable bonds is 16. The van der Waals surface area contributed by atoms with Crippen molar-refractivity contribution < 1.29 is 71.7 Å². The van der Waals surface area contributed by atoms with Crippen molar-refractivity contribution in [1.29, 1.82) is 0 Å². The summed E-state index contributed by atoms with van der Waals surface area (Å²) < 4.78 is 16.1. The fraction of sp³-hybridized carbons (Fsp3) is 1.00. The van der Waals surface area contributed by atoms with Gasteiger partial charge in [-0.05, 0) is 11.8 Å². The van der Waals surface area contributed by atoms with Crippen LogP contribution in [-0.4, -0.2) is 15.9 Å². The summed E-state index contributed by atoms with van der Waals surface area (Å²) >= 11 is 0. The molecule has 0 spiro atoms. The van der Waals surface area contributed by atoms with E-state index in [0.29, 0.717) is 6.42 Å². The van der Waals surface area contributed by atoms with Crippen LogP contribution < -0.4 is 51.4 Å². The van der Waals surface area contributed by atoms with Crippen molar-refractivity contribution in [3.8, 4) is 0 Å². The molecule has 6 heteroatoms. The van der Waals surface area contributed by atoms with E-state index in [1.54, 1.807) is 0 Å². The van der Waals surface area contributed by atoms with Crippen LogP contribution in [0.4, 0.5) is 0 Å². The van der Waals surface area contributed by atoms with E-state index in [1.165, 1.54) is 70.6 Å². The Morgan fingerprint density at radius 2 is 1.15 bits per heavy atom. The minimum atomic E-state index is -4.40. The second-order valence-corrected chi connectivity index (χ2v) is 9.67. The van der Waals surface area contributed by atoms with Gasteiger partial charge in [0.2, 0.25) is 0 Å². The number of unbranched alkanes of at least 4 members (excludes halogenated alkanes) is 12. The van der Waals surface area contributed by atoms with E-state index < -0.39 is 7.82 Å². The van der Waals surface area contributed by atoms with Crippen LogP contribution in [0, 0.1) is 5.41 Å². The van der Waals surface area contributed by atoms with Gasteiger partial charge in [0.15, 0.2) is 0 Å². The molecule has 1 atom stereocenters. The number of hydrogen-bond acceptors (Lipinski definition) is 2. The molecule has 0 aromatic heterocycles. The van der Waals surface area contributed by atoms with Crippen molar-refractivity contribution in [2.45, 2.75) is 124 Å². The van der Waals surface area contributed by atoms with Crippen LogP contribution >= 0.6 is 7.82 Å². The largest absolute Gasteiger partial charge is 1.00 e. The molecule has 154 valence electrons. The summed E-state index contributed by atoms with van der Waals surface area (Å²) in [5.41, 5.74) is -0.252. The third kappa shape index (κ3) is 20.5. The first-order valence-electron chi connectivity index (χ1n) is 10.4. The summed E-state index contributed by atoms with van der Waals surface area (Å²) in [5.74, 6) is 0. The molecule has 0 heterocycles. The molecule has 0 rings (SSSR count). The van der Waals surface area contributed by atoms with Crippen molar-refractivity contribution in [3.63, 3.8) is 0 Å². The van der Waals surface area contributed by atoms with Crippen LogP contribution in [0.3, 0.4) is 0 Å². The Morgan fingerprint density at radius 3 is 1.46 bits per heavy atom. The average molecular weight is 419 g/mol. The van der Waals surface area contributed by atoms with Gasteiger partial charge in [-0.1, -0.05) is 111 Å². The van der Waals surface area contributed by atoms with Crippen molar-refractivity contribution in [2.75, 3.05) is 0 Å². The zero-order chi connectivity index (χ0) is 19.2. The van der Waals surface area contributed by atoms with E-state index in [2.05, 4.69) is 6.92 Å². The van der Waals surface area contributed by atoms with Gasteiger partial charge >= 0.3 is 59.2 Å². The Balaban J connectivity index is -0.00000288. The molecule has 0 radical (unpaired) electrons. The summed E-state index contributed by atoms with van der Waals surface area (Å²) in [4.78, 5) is 18.1. The summed E-state index contributed by atoms with van der Waals surface area (Å²) in [6.45, 7) is 8.16. The maximum atomic E-state index is 11.1. The number of hydrogen-bond donors (Lipinski definition) is 2. The quantitative estimate of drug-likeness (QED) is 0.225. The van der Waals surface area contributed by atoms with Gasteiger partial charge in [0.1, 0.15) is 0 Å². The van der Waals surface area contributed by atoms with Crippen LogP contribution in [0.2, 0.25) is 0 Å². The summed E-state index contributed by atoms with van der Waals surface area (Å²) in [6.07, 6.45) is 17.2. The third-order valence-electron chi connectivity index (χ3n) is 4.80. The predicted octanol–water partition coefficient (Wildman–Crippen LogP) is 4.11. The molecular weight excluding hydrogens is 374 g/mol. The van der Waals surface area contributed by atoms with Gasteiger partial charge in [0.25, 0.3) is 0 Å². The van der Waals surface area contributed by atoms with Crippen LogP contribution in [0.25, 0.3) is 0 Å². The summed E-state index contributed by atoms with van der Waals surface area (Å²) in [7, 11) is -4.40. The van der Waals surface area contributed by atoms with Gasteiger partial charge in [-0.2, -0.15) is 0 Å². The molecule has 26 heavy (non-hydrogen) atoms. The molecule has 0 amide bonds. The van der Waals surface area contributed by atoms with E-state index in [-0.39, 0.29) is 64.3 Å². The molecular formula is C20H44KO4P. The first-order valence-corrected chi connectivity index (χ1v) is 11.9. The Hall–Kier alpha value is 1.75. The van der Waals surface area contributed by atoms with Gasteiger partial charge in [-0.15, -0.1) is 0 Å². The molecule has 0 aliphatic heterocycles. The molecule has 4 nitrogen and oxygen atoms in total. The van der Waals surface area contributed by atoms with E-state index in [1.807, 2.05) is 20.8 Å². The van der Waals surface area contributed by atoms with Crippen molar-refractivity contribution in [1.82, 2.24) is 0 Å². The van der Waals surface area contributed by atoms with Crippen LogP contribution in [-0.2, 0) is 9.09 Å². The maximum absolute atomic E-state index is 11.1. The number of phosphoric acid groups is 1. The molecule has 0 aliphatic rings. The molecule has 0 fully saturated rings. The van der Waals surface area contributed by atoms with E-state index in [9.17, 15) is 4.57 Å². The molecule has 0 saturated heterocycles. The molecule has 0 aliphatic carbocycles. The van der Waals surface area contributed by atoms with Crippen LogP contribution in [0.15, 0.2) is 0 Å². The Bertz CT molecular complexity index is 358. The van der Waals surface area contributed by atoms with Crippen LogP contribution in [0.1, 0.15) is 119 Å². The first-order chi connectivity index (χ1) is 11.7. The zero-order valence-corrected chi connectivity index (χ0v) is 22.2. The SMILES string of the molecule is CCCCCCCCCCCCCCCC(OP(=O)(O)O)C(C)(C)C.[H-].[K+]. The van der Waals surface area contributed by atoms with Crippen molar-refractivity contribution >= 4 is 7.82 Å². The van der Waals surface area contributed by atoms with Gasteiger partial charge < -0.3 is 11.2 Å². The van der Waals surface area contributed by atoms with Crippen LogP contribution in [0.5, 0.6) is 0 Å². The van der Waals surface area contributed by atoms with E-state index >= 15 is 0 Å². The normalized spacial score (nSPS) is 13.5. The van der Waals surface area contributed by atoms with Gasteiger partial charge in [0.05, 0.1) is 6.10 Å². The molecule has 2 N–H and O–H groups in total. The monoisotopic (exact) mass is 418 g/mol. The Labute approximate surface area is 206 Å². The summed E-state index contributed by atoms with van der Waals surface area (Å²) in [6, 6.07) is 0. The number of phosphoric ester groups is 1. The fourth-order valence-corrected chi connectivity index (χ4v) is 3.91. The molecule has 0 bridgehead atoms. The summed E-state index contributed by atoms with van der Waals surface area (Å²) in [5, 5.41) is 0. The molecule has 0 aromatic carbocycles. The minimum absolute atomic E-state index is 0. The maximum Gasteiger partial charge on any atom is 1.00 e. The van der Waals surface area contributed by atoms with Gasteiger partial charge in [-0.3, -0.25) is 4.52 Å². The second-order valence-electron chi connectivity index (χ2n) is 8.48. The van der Waals surface area contributed by atoms with Gasteiger partial charge in [0, 0.05) is 0 Å². The Morgan fingerprint density at radius 1 is 0.808 bits per heavy atom. The molecule has 0 saturated carbocycles. The van der Waals surface area contributed by atoms with Gasteiger partial charge in [-0.25, -0.2) is 4.57 Å². The second kappa shape index (κ2) is 17.6. The third-order valence-corrected chi connectivity index (χ3v) is 5.33. The Kier molecular flexibility index (Phi) is 20.3. The predicted molar refractivity (Wildman–Crippen MR) is 108 cm³/mol. The minimum Gasteiger partial charge on any atom is -1.00 e. The van der Waals surface area contributed by atoms with E-state index in [0.717, 1.165) is 12.8 Å². The molecule has 1 unspecified atom stereocenters. The first kappa shape index (κ1) is 29.9. The van der Waals surface area contributed by atoms with Crippen molar-refractivity contribution in [3.05, 3.63) is 0 Å². The standard InChI is InChI=1S/C20H43O4P.K.H/c1-5-6-7-8-9-10-11-12-13-14-15-16-17-18-19(20(2,3)4)24-25(21,22)23;;/h19H,5-18H2,1-4H3,(H2,21,22,23);;/q;+1;-1. The molecule has 0 aromatic rings. The van der Waals surface area contributed by atoms with Crippen molar-refractivity contribution in [2.24, 2.45) is 5.41 Å².